The van der Waals surface area contributed by atoms with Gasteiger partial charge < -0.3 is 15.8 Å². The van der Waals surface area contributed by atoms with Crippen molar-refractivity contribution in [1.29, 1.82) is 0 Å². The van der Waals surface area contributed by atoms with Crippen molar-refractivity contribution in [3.8, 4) is 5.75 Å². The standard InChI is InChI=1S/C17H27N3O/c1-12(2)10-19-16(18)20-11-14-8-7-13(3)9-15(14)21-17(4,5)6/h7-9H,1,10-11H2,2-6H3,(H3,18,19,20). The summed E-state index contributed by atoms with van der Waals surface area (Å²) in [5, 5.41) is 3.02. The van der Waals surface area contributed by atoms with E-state index in [2.05, 4.69) is 23.0 Å². The minimum atomic E-state index is -0.240. The number of aliphatic imine (C=N–C) groups is 1. The summed E-state index contributed by atoms with van der Waals surface area (Å²) in [5.74, 6) is 1.28. The summed E-state index contributed by atoms with van der Waals surface area (Å²) >= 11 is 0. The zero-order valence-corrected chi connectivity index (χ0v) is 13.8. The van der Waals surface area contributed by atoms with Crippen molar-refractivity contribution in [2.75, 3.05) is 6.54 Å². The van der Waals surface area contributed by atoms with Crippen LogP contribution in [-0.2, 0) is 6.54 Å². The molecule has 0 bridgehead atoms. The normalized spacial score (nSPS) is 12.1. The minimum Gasteiger partial charge on any atom is -0.488 e. The fourth-order valence-electron chi connectivity index (χ4n) is 1.68. The van der Waals surface area contributed by atoms with Gasteiger partial charge in [0.15, 0.2) is 5.96 Å². The number of guanidine groups is 1. The van der Waals surface area contributed by atoms with Crippen LogP contribution in [0, 0.1) is 6.92 Å². The first kappa shape index (κ1) is 17.1. The maximum absolute atomic E-state index is 6.00. The number of hydrogen-bond donors (Lipinski definition) is 2. The van der Waals surface area contributed by atoms with E-state index < -0.39 is 0 Å². The summed E-state index contributed by atoms with van der Waals surface area (Å²) < 4.78 is 6.00. The molecule has 0 radical (unpaired) electrons. The smallest absolute Gasteiger partial charge is 0.189 e. The number of nitrogens with one attached hydrogen (secondary N) is 1. The van der Waals surface area contributed by atoms with Crippen molar-refractivity contribution < 1.29 is 4.74 Å². The molecule has 0 unspecified atom stereocenters. The van der Waals surface area contributed by atoms with Crippen LogP contribution in [0.2, 0.25) is 0 Å². The maximum atomic E-state index is 6.00. The van der Waals surface area contributed by atoms with Crippen molar-refractivity contribution in [3.63, 3.8) is 0 Å². The molecule has 21 heavy (non-hydrogen) atoms. The Hall–Kier alpha value is -1.97. The van der Waals surface area contributed by atoms with Crippen LogP contribution in [0.4, 0.5) is 0 Å². The van der Waals surface area contributed by atoms with Gasteiger partial charge in [0.05, 0.1) is 6.54 Å². The zero-order valence-electron chi connectivity index (χ0n) is 13.8. The molecule has 0 heterocycles. The molecule has 0 saturated carbocycles. The van der Waals surface area contributed by atoms with Gasteiger partial charge >= 0.3 is 0 Å². The van der Waals surface area contributed by atoms with E-state index in [4.69, 9.17) is 10.5 Å². The molecule has 1 aromatic rings. The Kier molecular flexibility index (Phi) is 5.82. The highest BCUT2D eigenvalue weighted by atomic mass is 16.5. The third-order valence-corrected chi connectivity index (χ3v) is 2.63. The molecule has 0 spiro atoms. The van der Waals surface area contributed by atoms with Gasteiger partial charge in [-0.2, -0.15) is 0 Å². The third-order valence-electron chi connectivity index (χ3n) is 2.63. The van der Waals surface area contributed by atoms with Crippen LogP contribution >= 0.6 is 0 Å². The second-order valence-corrected chi connectivity index (χ2v) is 6.34. The highest BCUT2D eigenvalue weighted by molar-refractivity contribution is 5.78. The van der Waals surface area contributed by atoms with E-state index in [0.29, 0.717) is 19.0 Å². The largest absolute Gasteiger partial charge is 0.488 e. The number of hydrogen-bond acceptors (Lipinski definition) is 2. The van der Waals surface area contributed by atoms with Gasteiger partial charge in [0.25, 0.3) is 0 Å². The number of nitrogens with two attached hydrogens (primary N) is 1. The van der Waals surface area contributed by atoms with Crippen LogP contribution in [0.3, 0.4) is 0 Å². The third kappa shape index (κ3) is 6.84. The fourth-order valence-corrected chi connectivity index (χ4v) is 1.68. The van der Waals surface area contributed by atoms with Gasteiger partial charge in [-0.25, -0.2) is 4.99 Å². The van der Waals surface area contributed by atoms with Crippen molar-refractivity contribution in [2.45, 2.75) is 46.8 Å². The average Bonchev–Trinajstić information content (AvgIpc) is 2.33. The molecule has 0 aliphatic rings. The Balaban J connectivity index is 2.83. The molecule has 3 N–H and O–H groups in total. The molecule has 116 valence electrons. The molecule has 0 atom stereocenters. The summed E-state index contributed by atoms with van der Waals surface area (Å²) in [5.41, 5.74) is 8.79. The Morgan fingerprint density at radius 3 is 2.62 bits per heavy atom. The van der Waals surface area contributed by atoms with E-state index in [1.807, 2.05) is 46.8 Å². The van der Waals surface area contributed by atoms with Crippen molar-refractivity contribution in [1.82, 2.24) is 5.32 Å². The zero-order chi connectivity index (χ0) is 16.0. The van der Waals surface area contributed by atoms with E-state index in [-0.39, 0.29) is 5.60 Å². The first-order valence-corrected chi connectivity index (χ1v) is 7.14. The number of ether oxygens (including phenoxy) is 1. The highest BCUT2D eigenvalue weighted by Gasteiger charge is 2.14. The van der Waals surface area contributed by atoms with Crippen LogP contribution in [0.1, 0.15) is 38.8 Å². The van der Waals surface area contributed by atoms with Gasteiger partial charge in [-0.3, -0.25) is 0 Å². The van der Waals surface area contributed by atoms with Crippen LogP contribution in [0.15, 0.2) is 35.3 Å². The van der Waals surface area contributed by atoms with E-state index in [9.17, 15) is 0 Å². The Morgan fingerprint density at radius 2 is 2.05 bits per heavy atom. The molecule has 0 amide bonds. The van der Waals surface area contributed by atoms with Gasteiger partial charge in [0, 0.05) is 12.1 Å². The molecule has 4 heteroatoms. The Labute approximate surface area is 128 Å². The molecule has 4 nitrogen and oxygen atoms in total. The highest BCUT2D eigenvalue weighted by Crippen LogP contribution is 2.25. The van der Waals surface area contributed by atoms with Crippen molar-refractivity contribution in [3.05, 3.63) is 41.5 Å². The predicted octanol–water partition coefficient (Wildman–Crippen LogP) is 3.15. The lowest BCUT2D eigenvalue weighted by molar-refractivity contribution is 0.129. The molecule has 0 aliphatic carbocycles. The second kappa shape index (κ2) is 7.16. The summed E-state index contributed by atoms with van der Waals surface area (Å²) in [7, 11) is 0. The lowest BCUT2D eigenvalue weighted by Gasteiger charge is -2.23. The number of nitrogens with zero attached hydrogens (tertiary/aromatic N) is 1. The minimum absolute atomic E-state index is 0.240. The monoisotopic (exact) mass is 289 g/mol. The quantitative estimate of drug-likeness (QED) is 0.497. The molecular formula is C17H27N3O. The van der Waals surface area contributed by atoms with Crippen LogP contribution < -0.4 is 15.8 Å². The molecule has 1 aromatic carbocycles. The summed E-state index contributed by atoms with van der Waals surface area (Å²) in [6, 6.07) is 6.12. The Bertz CT molecular complexity index is 527. The molecule has 0 saturated heterocycles. The maximum Gasteiger partial charge on any atom is 0.189 e. The topological polar surface area (TPSA) is 59.6 Å². The van der Waals surface area contributed by atoms with Gasteiger partial charge in [-0.1, -0.05) is 24.3 Å². The first-order chi connectivity index (χ1) is 9.67. The molecule has 0 aromatic heterocycles. The van der Waals surface area contributed by atoms with Crippen LogP contribution in [-0.4, -0.2) is 18.1 Å². The first-order valence-electron chi connectivity index (χ1n) is 7.14. The molecule has 0 aliphatic heterocycles. The van der Waals surface area contributed by atoms with E-state index in [1.165, 1.54) is 0 Å². The number of benzene rings is 1. The number of aryl methyl sites for hydroxylation is 1. The summed E-state index contributed by atoms with van der Waals surface area (Å²) in [6.07, 6.45) is 0. The molecular weight excluding hydrogens is 262 g/mol. The molecule has 1 rings (SSSR count). The average molecular weight is 289 g/mol. The number of rotatable bonds is 5. The fraction of sp³-hybridized carbons (Fsp3) is 0.471. The van der Waals surface area contributed by atoms with Gasteiger partial charge in [0.2, 0.25) is 0 Å². The molecule has 0 fully saturated rings. The summed E-state index contributed by atoms with van der Waals surface area (Å²) in [6.45, 7) is 15.0. The van der Waals surface area contributed by atoms with Gasteiger partial charge in [-0.15, -0.1) is 0 Å². The van der Waals surface area contributed by atoms with Crippen LogP contribution in [0.25, 0.3) is 0 Å². The van der Waals surface area contributed by atoms with Crippen molar-refractivity contribution >= 4 is 5.96 Å². The second-order valence-electron chi connectivity index (χ2n) is 6.34. The SMILES string of the molecule is C=C(C)CNC(N)=NCc1ccc(C)cc1OC(C)(C)C. The predicted molar refractivity (Wildman–Crippen MR) is 89.7 cm³/mol. The van der Waals surface area contributed by atoms with Gasteiger partial charge in [-0.05, 0) is 46.2 Å². The lowest BCUT2D eigenvalue weighted by Crippen LogP contribution is -2.32. The van der Waals surface area contributed by atoms with Gasteiger partial charge in [0.1, 0.15) is 11.4 Å². The lowest BCUT2D eigenvalue weighted by atomic mass is 10.1. The summed E-state index contributed by atoms with van der Waals surface area (Å²) in [4.78, 5) is 4.35. The van der Waals surface area contributed by atoms with E-state index in [1.54, 1.807) is 0 Å². The van der Waals surface area contributed by atoms with E-state index >= 15 is 0 Å². The Morgan fingerprint density at radius 1 is 1.38 bits per heavy atom. The van der Waals surface area contributed by atoms with Crippen LogP contribution in [0.5, 0.6) is 5.75 Å². The van der Waals surface area contributed by atoms with Crippen molar-refractivity contribution in [2.24, 2.45) is 10.7 Å². The van der Waals surface area contributed by atoms with E-state index in [0.717, 1.165) is 22.4 Å².